The van der Waals surface area contributed by atoms with Crippen molar-refractivity contribution in [3.63, 3.8) is 0 Å². The van der Waals surface area contributed by atoms with Gasteiger partial charge in [0.05, 0.1) is 22.5 Å². The third-order valence-corrected chi connectivity index (χ3v) is 6.28. The first-order chi connectivity index (χ1) is 14.5. The van der Waals surface area contributed by atoms with Crippen LogP contribution in [0.3, 0.4) is 0 Å². The van der Waals surface area contributed by atoms with Gasteiger partial charge in [-0.1, -0.05) is 6.42 Å². The molecule has 1 N–H and O–H groups in total. The van der Waals surface area contributed by atoms with Crippen LogP contribution in [0.1, 0.15) is 49.9 Å². The molecule has 3 aliphatic rings. The van der Waals surface area contributed by atoms with Gasteiger partial charge in [-0.15, -0.1) is 0 Å². The number of ether oxygens (including phenoxy) is 1. The van der Waals surface area contributed by atoms with Crippen molar-refractivity contribution in [1.29, 1.82) is 0 Å². The number of hydrogen-bond donors (Lipinski definition) is 1. The normalized spacial score (nSPS) is 19.4. The van der Waals surface area contributed by atoms with Crippen molar-refractivity contribution in [2.45, 2.75) is 56.5 Å². The zero-order valence-electron chi connectivity index (χ0n) is 16.7. The summed E-state index contributed by atoms with van der Waals surface area (Å²) >= 11 is 0. The summed E-state index contributed by atoms with van der Waals surface area (Å²) in [5.41, 5.74) is 2.25. The number of hydrogen-bond acceptors (Lipinski definition) is 4. The lowest BCUT2D eigenvalue weighted by atomic mass is 9.65. The van der Waals surface area contributed by atoms with Crippen molar-refractivity contribution < 1.29 is 18.7 Å². The molecule has 2 aliphatic carbocycles. The average Bonchev–Trinajstić information content (AvgIpc) is 3.52. The Hall–Kier alpha value is -2.96. The number of halogens is 1. The summed E-state index contributed by atoms with van der Waals surface area (Å²) in [4.78, 5) is 32.1. The number of aromatic nitrogens is 1. The van der Waals surface area contributed by atoms with Crippen molar-refractivity contribution in [3.05, 3.63) is 53.6 Å². The van der Waals surface area contributed by atoms with E-state index < -0.39 is 5.41 Å². The number of carbonyl (C=O) groups excluding carboxylic acids is 2. The Kier molecular flexibility index (Phi) is 4.68. The fraction of sp³-hybridized carbons (Fsp3) is 0.435. The highest BCUT2D eigenvalue weighted by molar-refractivity contribution is 5.99. The second-order valence-corrected chi connectivity index (χ2v) is 8.40. The minimum Gasteiger partial charge on any atom is -0.446 e. The van der Waals surface area contributed by atoms with Gasteiger partial charge in [0.2, 0.25) is 5.91 Å². The molecular weight excluding hydrogens is 385 g/mol. The average molecular weight is 409 g/mol. The first-order valence-corrected chi connectivity index (χ1v) is 10.6. The molecule has 2 heterocycles. The molecule has 2 saturated carbocycles. The molecular formula is C23H24FN3O3. The quantitative estimate of drug-likeness (QED) is 0.816. The van der Waals surface area contributed by atoms with Gasteiger partial charge in [-0.3, -0.25) is 14.7 Å². The van der Waals surface area contributed by atoms with Crippen LogP contribution in [0.15, 0.2) is 36.4 Å². The number of aryl methyl sites for hydroxylation is 1. The number of nitrogens with zero attached hydrogens (tertiary/aromatic N) is 2. The lowest BCUT2D eigenvalue weighted by Gasteiger charge is -2.40. The Balaban J connectivity index is 1.39. The van der Waals surface area contributed by atoms with Crippen LogP contribution < -0.4 is 10.2 Å². The van der Waals surface area contributed by atoms with Gasteiger partial charge in [-0.05, 0) is 74.9 Å². The lowest BCUT2D eigenvalue weighted by Crippen LogP contribution is -2.47. The van der Waals surface area contributed by atoms with E-state index in [2.05, 4.69) is 5.32 Å². The van der Waals surface area contributed by atoms with Crippen LogP contribution in [0.5, 0.6) is 0 Å². The third kappa shape index (κ3) is 3.42. The molecule has 0 unspecified atom stereocenters. The number of amides is 2. The molecule has 2 aromatic rings. The largest absolute Gasteiger partial charge is 0.446 e. The maximum Gasteiger partial charge on any atom is 0.414 e. The summed E-state index contributed by atoms with van der Waals surface area (Å²) in [6.07, 6.45) is 5.62. The maximum absolute atomic E-state index is 13.2. The zero-order chi connectivity index (χ0) is 20.7. The Bertz CT molecular complexity index is 984. The summed E-state index contributed by atoms with van der Waals surface area (Å²) in [6.45, 7) is 0.621. The monoisotopic (exact) mass is 409 g/mol. The van der Waals surface area contributed by atoms with Gasteiger partial charge in [0.25, 0.3) is 0 Å². The van der Waals surface area contributed by atoms with Crippen molar-refractivity contribution in [2.24, 2.45) is 0 Å². The Morgan fingerprint density at radius 1 is 1.10 bits per heavy atom. The van der Waals surface area contributed by atoms with Gasteiger partial charge in [0, 0.05) is 12.2 Å². The molecule has 2 amide bonds. The first kappa shape index (κ1) is 19.0. The molecule has 7 heteroatoms. The molecule has 1 aliphatic heterocycles. The molecule has 5 rings (SSSR count). The number of rotatable bonds is 4. The van der Waals surface area contributed by atoms with Crippen molar-refractivity contribution in [3.8, 4) is 0 Å². The number of pyridine rings is 1. The van der Waals surface area contributed by atoms with E-state index in [0.29, 0.717) is 12.2 Å². The van der Waals surface area contributed by atoms with Gasteiger partial charge in [-0.25, -0.2) is 9.18 Å². The van der Waals surface area contributed by atoms with Crippen LogP contribution in [-0.4, -0.2) is 29.6 Å². The van der Waals surface area contributed by atoms with Crippen LogP contribution in [0.4, 0.5) is 20.6 Å². The zero-order valence-corrected chi connectivity index (χ0v) is 16.7. The first-order valence-electron chi connectivity index (χ1n) is 10.6. The molecule has 0 atom stereocenters. The lowest BCUT2D eigenvalue weighted by molar-refractivity contribution is -0.124. The molecule has 30 heavy (non-hydrogen) atoms. The van der Waals surface area contributed by atoms with Crippen molar-refractivity contribution >= 4 is 23.4 Å². The highest BCUT2D eigenvalue weighted by Gasteiger charge is 2.47. The standard InChI is InChI=1S/C23H24FN3O3/c24-15-4-6-16(7-5-15)25-21(28)23(12-2-13-23)20-11-10-19-18(26-20)3-1-14-27(19)22(29)30-17-8-9-17/h4-7,10-11,17H,1-3,8-9,12-14H2,(H,25,28). The van der Waals surface area contributed by atoms with Crippen LogP contribution in [0.25, 0.3) is 0 Å². The van der Waals surface area contributed by atoms with E-state index in [9.17, 15) is 14.0 Å². The number of nitrogens with one attached hydrogen (secondary N) is 1. The van der Waals surface area contributed by atoms with E-state index >= 15 is 0 Å². The number of benzene rings is 1. The summed E-state index contributed by atoms with van der Waals surface area (Å²) in [5, 5.41) is 2.92. The molecule has 6 nitrogen and oxygen atoms in total. The summed E-state index contributed by atoms with van der Waals surface area (Å²) < 4.78 is 18.6. The second kappa shape index (κ2) is 7.38. The molecule has 0 spiro atoms. The Morgan fingerprint density at radius 3 is 2.53 bits per heavy atom. The SMILES string of the molecule is O=C(OC1CC1)N1CCCc2nc(C3(C(=O)Nc4ccc(F)cc4)CCC3)ccc21. The predicted octanol–water partition coefficient (Wildman–Crippen LogP) is 4.33. The fourth-order valence-electron chi connectivity index (χ4n) is 4.21. The van der Waals surface area contributed by atoms with Gasteiger partial charge in [-0.2, -0.15) is 0 Å². The van der Waals surface area contributed by atoms with Crippen LogP contribution in [0, 0.1) is 5.82 Å². The van der Waals surface area contributed by atoms with Gasteiger partial charge < -0.3 is 10.1 Å². The number of anilines is 2. The molecule has 0 radical (unpaired) electrons. The second-order valence-electron chi connectivity index (χ2n) is 8.40. The minimum absolute atomic E-state index is 0.0588. The summed E-state index contributed by atoms with van der Waals surface area (Å²) in [7, 11) is 0. The molecule has 0 bridgehead atoms. The Morgan fingerprint density at radius 2 is 1.87 bits per heavy atom. The summed E-state index contributed by atoms with van der Waals surface area (Å²) in [5.74, 6) is -0.457. The highest BCUT2D eigenvalue weighted by Crippen LogP contribution is 2.45. The Labute approximate surface area is 174 Å². The van der Waals surface area contributed by atoms with E-state index in [4.69, 9.17) is 9.72 Å². The number of fused-ring (bicyclic) bond motifs is 1. The third-order valence-electron chi connectivity index (χ3n) is 6.28. The maximum atomic E-state index is 13.2. The van der Waals surface area contributed by atoms with E-state index in [1.54, 1.807) is 17.0 Å². The van der Waals surface area contributed by atoms with Gasteiger partial charge in [0.1, 0.15) is 11.9 Å². The minimum atomic E-state index is -0.680. The summed E-state index contributed by atoms with van der Waals surface area (Å²) in [6, 6.07) is 9.54. The topological polar surface area (TPSA) is 71.5 Å². The molecule has 0 saturated heterocycles. The molecule has 1 aromatic carbocycles. The predicted molar refractivity (Wildman–Crippen MR) is 110 cm³/mol. The fourth-order valence-corrected chi connectivity index (χ4v) is 4.21. The van der Waals surface area contributed by atoms with E-state index in [0.717, 1.165) is 62.0 Å². The van der Waals surface area contributed by atoms with E-state index in [-0.39, 0.29) is 23.9 Å². The van der Waals surface area contributed by atoms with Crippen LogP contribution in [-0.2, 0) is 21.4 Å². The van der Waals surface area contributed by atoms with Crippen molar-refractivity contribution in [2.75, 3.05) is 16.8 Å². The van der Waals surface area contributed by atoms with E-state index in [1.807, 2.05) is 12.1 Å². The van der Waals surface area contributed by atoms with Crippen LogP contribution >= 0.6 is 0 Å². The van der Waals surface area contributed by atoms with E-state index in [1.165, 1.54) is 12.1 Å². The highest BCUT2D eigenvalue weighted by atomic mass is 19.1. The molecule has 156 valence electrons. The van der Waals surface area contributed by atoms with Gasteiger partial charge >= 0.3 is 6.09 Å². The van der Waals surface area contributed by atoms with Crippen molar-refractivity contribution in [1.82, 2.24) is 4.98 Å². The van der Waals surface area contributed by atoms with Crippen LogP contribution in [0.2, 0.25) is 0 Å². The smallest absolute Gasteiger partial charge is 0.414 e. The molecule has 1 aromatic heterocycles. The van der Waals surface area contributed by atoms with Gasteiger partial charge in [0.15, 0.2) is 0 Å². The number of carbonyl (C=O) groups is 2. The molecule has 2 fully saturated rings.